The lowest BCUT2D eigenvalue weighted by Crippen LogP contribution is -2.38. The van der Waals surface area contributed by atoms with Gasteiger partial charge < -0.3 is 15.3 Å². The summed E-state index contributed by atoms with van der Waals surface area (Å²) in [6.07, 6.45) is 2.46. The van der Waals surface area contributed by atoms with Crippen molar-refractivity contribution in [3.05, 3.63) is 35.9 Å². The van der Waals surface area contributed by atoms with Crippen molar-refractivity contribution in [1.29, 1.82) is 0 Å². The maximum atomic E-state index is 11.5. The van der Waals surface area contributed by atoms with Crippen LogP contribution in [0.2, 0.25) is 0 Å². The largest absolute Gasteiger partial charge is 0.465 e. The normalized spacial score (nSPS) is 24.1. The number of nitrogens with zero attached hydrogens (tertiary/aromatic N) is 1. The molecule has 3 rings (SSSR count). The highest BCUT2D eigenvalue weighted by atomic mass is 16.4. The second-order valence-corrected chi connectivity index (χ2v) is 5.73. The van der Waals surface area contributed by atoms with E-state index >= 15 is 0 Å². The molecule has 1 amide bonds. The van der Waals surface area contributed by atoms with Crippen LogP contribution in [0, 0.1) is 5.41 Å². The molecule has 0 bridgehead atoms. The summed E-state index contributed by atoms with van der Waals surface area (Å²) >= 11 is 0. The number of benzene rings is 1. The fourth-order valence-electron chi connectivity index (χ4n) is 3.32. The first-order valence-electron chi connectivity index (χ1n) is 6.95. The molecule has 1 atom stereocenters. The van der Waals surface area contributed by atoms with Gasteiger partial charge in [-0.3, -0.25) is 0 Å². The second-order valence-electron chi connectivity index (χ2n) is 5.73. The Balaban J connectivity index is 1.71. The van der Waals surface area contributed by atoms with Gasteiger partial charge in [0.05, 0.1) is 0 Å². The standard InChI is InChI=1S/C15H20N2O2/c18-14(19)17(11-12-4-2-1-3-5-12)13-10-15(13)6-8-16-9-7-15/h1-5,13,16H,6-11H2,(H,18,19). The third kappa shape index (κ3) is 2.45. The average Bonchev–Trinajstić information content (AvgIpc) is 3.10. The number of hydrogen-bond donors (Lipinski definition) is 2. The van der Waals surface area contributed by atoms with Gasteiger partial charge in [-0.05, 0) is 43.3 Å². The van der Waals surface area contributed by atoms with E-state index in [-0.39, 0.29) is 11.5 Å². The van der Waals surface area contributed by atoms with Crippen LogP contribution in [0.4, 0.5) is 4.79 Å². The molecule has 1 spiro atoms. The monoisotopic (exact) mass is 260 g/mol. The quantitative estimate of drug-likeness (QED) is 0.877. The summed E-state index contributed by atoms with van der Waals surface area (Å²) in [6, 6.07) is 10.1. The van der Waals surface area contributed by atoms with Crippen molar-refractivity contribution in [2.24, 2.45) is 5.41 Å². The van der Waals surface area contributed by atoms with Crippen LogP contribution in [-0.4, -0.2) is 35.2 Å². The molecule has 1 aliphatic heterocycles. The van der Waals surface area contributed by atoms with Gasteiger partial charge in [-0.25, -0.2) is 4.79 Å². The lowest BCUT2D eigenvalue weighted by atomic mass is 9.93. The fourth-order valence-corrected chi connectivity index (χ4v) is 3.32. The molecular weight excluding hydrogens is 240 g/mol. The topological polar surface area (TPSA) is 52.6 Å². The Morgan fingerprint density at radius 1 is 1.32 bits per heavy atom. The molecule has 2 N–H and O–H groups in total. The van der Waals surface area contributed by atoms with Gasteiger partial charge in [0.25, 0.3) is 0 Å². The Kier molecular flexibility index (Phi) is 3.19. The van der Waals surface area contributed by atoms with E-state index in [0.29, 0.717) is 6.54 Å². The molecule has 19 heavy (non-hydrogen) atoms. The maximum Gasteiger partial charge on any atom is 0.407 e. The van der Waals surface area contributed by atoms with Gasteiger partial charge in [-0.2, -0.15) is 0 Å². The van der Waals surface area contributed by atoms with Crippen LogP contribution in [0.5, 0.6) is 0 Å². The van der Waals surface area contributed by atoms with E-state index in [1.807, 2.05) is 30.3 Å². The van der Waals surface area contributed by atoms with Crippen LogP contribution >= 0.6 is 0 Å². The van der Waals surface area contributed by atoms with E-state index in [9.17, 15) is 9.90 Å². The van der Waals surface area contributed by atoms with Gasteiger partial charge in [0.2, 0.25) is 0 Å². The highest BCUT2D eigenvalue weighted by molar-refractivity contribution is 5.66. The molecule has 1 aromatic carbocycles. The number of rotatable bonds is 3. The van der Waals surface area contributed by atoms with E-state index < -0.39 is 6.09 Å². The van der Waals surface area contributed by atoms with Crippen LogP contribution < -0.4 is 5.32 Å². The summed E-state index contributed by atoms with van der Waals surface area (Å²) in [7, 11) is 0. The van der Waals surface area contributed by atoms with Crippen molar-refractivity contribution >= 4 is 6.09 Å². The Hall–Kier alpha value is -1.55. The lowest BCUT2D eigenvalue weighted by molar-refractivity contribution is 0.127. The molecule has 0 radical (unpaired) electrons. The summed E-state index contributed by atoms with van der Waals surface area (Å²) in [5.41, 5.74) is 1.33. The van der Waals surface area contributed by atoms with Crippen molar-refractivity contribution in [1.82, 2.24) is 10.2 Å². The molecule has 4 heteroatoms. The zero-order valence-electron chi connectivity index (χ0n) is 11.0. The van der Waals surface area contributed by atoms with Gasteiger partial charge in [0.1, 0.15) is 0 Å². The second kappa shape index (κ2) is 4.85. The predicted molar refractivity (Wildman–Crippen MR) is 73.0 cm³/mol. The van der Waals surface area contributed by atoms with E-state index in [0.717, 1.165) is 37.9 Å². The predicted octanol–water partition coefficient (Wildman–Crippen LogP) is 2.31. The Labute approximate surface area is 113 Å². The molecule has 2 fully saturated rings. The van der Waals surface area contributed by atoms with Gasteiger partial charge in [0.15, 0.2) is 0 Å². The number of piperidine rings is 1. The molecule has 102 valence electrons. The van der Waals surface area contributed by atoms with Gasteiger partial charge in [-0.1, -0.05) is 30.3 Å². The molecule has 1 unspecified atom stereocenters. The molecule has 0 aromatic heterocycles. The minimum atomic E-state index is -0.788. The summed E-state index contributed by atoms with van der Waals surface area (Å²) < 4.78 is 0. The van der Waals surface area contributed by atoms with E-state index in [1.54, 1.807) is 4.90 Å². The molecule has 4 nitrogen and oxygen atoms in total. The number of nitrogens with one attached hydrogen (secondary N) is 1. The number of carbonyl (C=O) groups is 1. The molecular formula is C15H20N2O2. The lowest BCUT2D eigenvalue weighted by Gasteiger charge is -2.28. The zero-order valence-corrected chi connectivity index (χ0v) is 11.0. The smallest absolute Gasteiger partial charge is 0.407 e. The van der Waals surface area contributed by atoms with Crippen LogP contribution in [0.25, 0.3) is 0 Å². The summed E-state index contributed by atoms with van der Waals surface area (Å²) in [5.74, 6) is 0. The molecule has 1 aliphatic carbocycles. The van der Waals surface area contributed by atoms with Crippen molar-refractivity contribution in [3.63, 3.8) is 0 Å². The van der Waals surface area contributed by atoms with Crippen molar-refractivity contribution < 1.29 is 9.90 Å². The fraction of sp³-hybridized carbons (Fsp3) is 0.533. The summed E-state index contributed by atoms with van der Waals surface area (Å²) in [5, 5.41) is 12.8. The molecule has 1 aromatic rings. The van der Waals surface area contributed by atoms with Crippen molar-refractivity contribution in [2.45, 2.75) is 31.8 Å². The maximum absolute atomic E-state index is 11.5. The van der Waals surface area contributed by atoms with E-state index in [2.05, 4.69) is 5.32 Å². The molecule has 1 saturated heterocycles. The Morgan fingerprint density at radius 2 is 2.00 bits per heavy atom. The minimum Gasteiger partial charge on any atom is -0.465 e. The highest BCUT2D eigenvalue weighted by Crippen LogP contribution is 2.56. The Bertz CT molecular complexity index is 454. The molecule has 2 aliphatic rings. The summed E-state index contributed by atoms with van der Waals surface area (Å²) in [6.45, 7) is 2.56. The van der Waals surface area contributed by atoms with Crippen molar-refractivity contribution in [2.75, 3.05) is 13.1 Å². The first-order chi connectivity index (χ1) is 9.21. The van der Waals surface area contributed by atoms with Gasteiger partial charge in [0, 0.05) is 12.6 Å². The average molecular weight is 260 g/mol. The summed E-state index contributed by atoms with van der Waals surface area (Å²) in [4.78, 5) is 13.2. The zero-order chi connectivity index (χ0) is 13.3. The number of carboxylic acid groups (broad SMARTS) is 1. The third-order valence-corrected chi connectivity index (χ3v) is 4.56. The van der Waals surface area contributed by atoms with Crippen LogP contribution in [-0.2, 0) is 6.54 Å². The highest BCUT2D eigenvalue weighted by Gasteiger charge is 2.57. The molecule has 1 saturated carbocycles. The number of amides is 1. The minimum absolute atomic E-state index is 0.215. The van der Waals surface area contributed by atoms with E-state index in [4.69, 9.17) is 0 Å². The molecule has 1 heterocycles. The van der Waals surface area contributed by atoms with Crippen LogP contribution in [0.1, 0.15) is 24.8 Å². The van der Waals surface area contributed by atoms with Crippen molar-refractivity contribution in [3.8, 4) is 0 Å². The Morgan fingerprint density at radius 3 is 2.63 bits per heavy atom. The first kappa shape index (κ1) is 12.5. The van der Waals surface area contributed by atoms with Gasteiger partial charge >= 0.3 is 6.09 Å². The first-order valence-corrected chi connectivity index (χ1v) is 6.95. The number of hydrogen-bond acceptors (Lipinski definition) is 2. The van der Waals surface area contributed by atoms with Crippen LogP contribution in [0.15, 0.2) is 30.3 Å². The van der Waals surface area contributed by atoms with E-state index in [1.165, 1.54) is 0 Å². The van der Waals surface area contributed by atoms with Crippen LogP contribution in [0.3, 0.4) is 0 Å². The SMILES string of the molecule is O=C(O)N(Cc1ccccc1)C1CC12CCNCC2. The third-order valence-electron chi connectivity index (χ3n) is 4.56. The van der Waals surface area contributed by atoms with Gasteiger partial charge in [-0.15, -0.1) is 0 Å².